The second kappa shape index (κ2) is 7.45. The highest BCUT2D eigenvalue weighted by Gasteiger charge is 2.30. The minimum Gasteiger partial charge on any atom is -0.354 e. The van der Waals surface area contributed by atoms with Crippen LogP contribution in [0.25, 0.3) is 0 Å². The molecule has 0 fully saturated rings. The van der Waals surface area contributed by atoms with E-state index in [1.165, 1.54) is 12.1 Å². The van der Waals surface area contributed by atoms with Crippen molar-refractivity contribution in [3.8, 4) is 0 Å². The molecule has 1 aromatic rings. The van der Waals surface area contributed by atoms with E-state index >= 15 is 0 Å². The number of hydrogen-bond acceptors (Lipinski definition) is 2. The first kappa shape index (κ1) is 17.5. The van der Waals surface area contributed by atoms with Gasteiger partial charge in [0.15, 0.2) is 0 Å². The largest absolute Gasteiger partial charge is 0.416 e. The number of nitrogens with one attached hydrogen (secondary N) is 2. The number of rotatable bonds is 6. The summed E-state index contributed by atoms with van der Waals surface area (Å²) in [6, 6.07) is 5.10. The second-order valence-electron chi connectivity index (χ2n) is 5.23. The van der Waals surface area contributed by atoms with Crippen molar-refractivity contribution in [1.82, 2.24) is 10.6 Å². The Labute approximate surface area is 122 Å². The van der Waals surface area contributed by atoms with E-state index in [4.69, 9.17) is 0 Å². The lowest BCUT2D eigenvalue weighted by Crippen LogP contribution is -2.39. The van der Waals surface area contributed by atoms with Crippen molar-refractivity contribution in [2.24, 2.45) is 5.92 Å². The van der Waals surface area contributed by atoms with Gasteiger partial charge >= 0.3 is 6.18 Å². The Bertz CT molecular complexity index is 457. The summed E-state index contributed by atoms with van der Waals surface area (Å²) in [5.41, 5.74) is 0.0403. The van der Waals surface area contributed by atoms with Crippen LogP contribution in [0.4, 0.5) is 13.2 Å². The van der Waals surface area contributed by atoms with Gasteiger partial charge in [-0.05, 0) is 38.1 Å². The highest BCUT2D eigenvalue weighted by Crippen LogP contribution is 2.29. The minimum absolute atomic E-state index is 0.100. The molecular formula is C15H21F3N2O. The molecule has 21 heavy (non-hydrogen) atoms. The van der Waals surface area contributed by atoms with Crippen LogP contribution in [-0.2, 0) is 17.4 Å². The standard InChI is InChI=1S/C15H21F3N2O/c1-10(14(21)20-9-11(2)19-3)8-12-4-6-13(7-5-12)15(16,17)18/h4-7,10-11,19H,8-9H2,1-3H3,(H,20,21). The Balaban J connectivity index is 2.54. The highest BCUT2D eigenvalue weighted by atomic mass is 19.4. The molecule has 2 N–H and O–H groups in total. The average Bonchev–Trinajstić information content (AvgIpc) is 2.43. The van der Waals surface area contributed by atoms with Gasteiger partial charge in [0.2, 0.25) is 5.91 Å². The summed E-state index contributed by atoms with van der Waals surface area (Å²) in [5, 5.41) is 5.82. The lowest BCUT2D eigenvalue weighted by Gasteiger charge is -2.15. The molecule has 0 heterocycles. The van der Waals surface area contributed by atoms with Crippen molar-refractivity contribution >= 4 is 5.91 Å². The minimum atomic E-state index is -4.33. The van der Waals surface area contributed by atoms with E-state index in [1.54, 1.807) is 6.92 Å². The molecule has 3 nitrogen and oxygen atoms in total. The highest BCUT2D eigenvalue weighted by molar-refractivity contribution is 5.78. The summed E-state index contributed by atoms with van der Waals surface area (Å²) in [5.74, 6) is -0.386. The number of amides is 1. The van der Waals surface area contributed by atoms with Crippen LogP contribution < -0.4 is 10.6 Å². The third-order valence-corrected chi connectivity index (χ3v) is 3.35. The molecule has 0 aliphatic rings. The van der Waals surface area contributed by atoms with Crippen LogP contribution in [0.15, 0.2) is 24.3 Å². The molecule has 1 amide bonds. The SMILES string of the molecule is CNC(C)CNC(=O)C(C)Cc1ccc(C(F)(F)F)cc1. The Morgan fingerprint density at radius 2 is 1.76 bits per heavy atom. The molecule has 0 radical (unpaired) electrons. The molecule has 0 saturated carbocycles. The van der Waals surface area contributed by atoms with Gasteiger partial charge in [0.05, 0.1) is 5.56 Å². The molecule has 0 saturated heterocycles. The number of hydrogen-bond donors (Lipinski definition) is 2. The van der Waals surface area contributed by atoms with Gasteiger partial charge in [0.25, 0.3) is 0 Å². The third kappa shape index (κ3) is 5.75. The van der Waals surface area contributed by atoms with E-state index in [2.05, 4.69) is 10.6 Å². The topological polar surface area (TPSA) is 41.1 Å². The van der Waals surface area contributed by atoms with Gasteiger partial charge in [-0.3, -0.25) is 4.79 Å². The maximum atomic E-state index is 12.4. The van der Waals surface area contributed by atoms with E-state index in [0.29, 0.717) is 18.5 Å². The average molecular weight is 302 g/mol. The molecule has 0 spiro atoms. The number of halogens is 3. The van der Waals surface area contributed by atoms with Crippen molar-refractivity contribution in [3.05, 3.63) is 35.4 Å². The Hall–Kier alpha value is -1.56. The van der Waals surface area contributed by atoms with E-state index in [9.17, 15) is 18.0 Å². The molecule has 0 bridgehead atoms. The first-order valence-electron chi connectivity index (χ1n) is 6.85. The second-order valence-corrected chi connectivity index (χ2v) is 5.23. The quantitative estimate of drug-likeness (QED) is 0.848. The van der Waals surface area contributed by atoms with Crippen LogP contribution >= 0.6 is 0 Å². The summed E-state index contributed by atoms with van der Waals surface area (Å²) < 4.78 is 37.3. The van der Waals surface area contributed by atoms with Crippen molar-refractivity contribution in [3.63, 3.8) is 0 Å². The molecule has 0 aliphatic carbocycles. The van der Waals surface area contributed by atoms with Gasteiger partial charge in [-0.2, -0.15) is 13.2 Å². The summed E-state index contributed by atoms with van der Waals surface area (Å²) >= 11 is 0. The zero-order chi connectivity index (χ0) is 16.0. The van der Waals surface area contributed by atoms with Gasteiger partial charge in [-0.25, -0.2) is 0 Å². The molecule has 6 heteroatoms. The first-order chi connectivity index (χ1) is 9.74. The number of carbonyl (C=O) groups is 1. The lowest BCUT2D eigenvalue weighted by molar-refractivity contribution is -0.137. The maximum absolute atomic E-state index is 12.4. The van der Waals surface area contributed by atoms with E-state index < -0.39 is 11.7 Å². The van der Waals surface area contributed by atoms with E-state index in [1.807, 2.05) is 14.0 Å². The predicted molar refractivity (Wildman–Crippen MR) is 75.8 cm³/mol. The number of carbonyl (C=O) groups excluding carboxylic acids is 1. The van der Waals surface area contributed by atoms with Gasteiger partial charge in [0, 0.05) is 18.5 Å². The third-order valence-electron chi connectivity index (χ3n) is 3.35. The van der Waals surface area contributed by atoms with Crippen LogP contribution in [0, 0.1) is 5.92 Å². The monoisotopic (exact) mass is 302 g/mol. The molecule has 118 valence electrons. The van der Waals surface area contributed by atoms with Crippen LogP contribution in [0.2, 0.25) is 0 Å². The molecule has 0 aromatic heterocycles. The lowest BCUT2D eigenvalue weighted by atomic mass is 9.99. The molecule has 0 aliphatic heterocycles. The van der Waals surface area contributed by atoms with Crippen molar-refractivity contribution in [1.29, 1.82) is 0 Å². The fraction of sp³-hybridized carbons (Fsp3) is 0.533. The fourth-order valence-corrected chi connectivity index (χ4v) is 1.81. The Morgan fingerprint density at radius 3 is 2.24 bits per heavy atom. The van der Waals surface area contributed by atoms with Gasteiger partial charge in [-0.1, -0.05) is 19.1 Å². The zero-order valence-corrected chi connectivity index (χ0v) is 12.4. The number of benzene rings is 1. The zero-order valence-electron chi connectivity index (χ0n) is 12.4. The van der Waals surface area contributed by atoms with Crippen LogP contribution in [0.1, 0.15) is 25.0 Å². The normalized spacial score (nSPS) is 14.6. The van der Waals surface area contributed by atoms with Gasteiger partial charge < -0.3 is 10.6 Å². The smallest absolute Gasteiger partial charge is 0.354 e. The molecular weight excluding hydrogens is 281 g/mol. The number of alkyl halides is 3. The van der Waals surface area contributed by atoms with E-state index in [-0.39, 0.29) is 17.9 Å². The summed E-state index contributed by atoms with van der Waals surface area (Å²) in [6.45, 7) is 4.23. The Morgan fingerprint density at radius 1 is 1.19 bits per heavy atom. The van der Waals surface area contributed by atoms with Crippen molar-refractivity contribution < 1.29 is 18.0 Å². The summed E-state index contributed by atoms with van der Waals surface area (Å²) in [7, 11) is 1.81. The van der Waals surface area contributed by atoms with Crippen LogP contribution in [0.3, 0.4) is 0 Å². The molecule has 1 rings (SSSR count). The molecule has 1 aromatic carbocycles. The molecule has 2 unspecified atom stereocenters. The van der Waals surface area contributed by atoms with Crippen LogP contribution in [0.5, 0.6) is 0 Å². The fourth-order valence-electron chi connectivity index (χ4n) is 1.81. The molecule has 2 atom stereocenters. The first-order valence-corrected chi connectivity index (χ1v) is 6.85. The maximum Gasteiger partial charge on any atom is 0.416 e. The van der Waals surface area contributed by atoms with Gasteiger partial charge in [-0.15, -0.1) is 0 Å². The van der Waals surface area contributed by atoms with Gasteiger partial charge in [0.1, 0.15) is 0 Å². The van der Waals surface area contributed by atoms with Crippen LogP contribution in [-0.4, -0.2) is 25.5 Å². The van der Waals surface area contributed by atoms with Crippen molar-refractivity contribution in [2.75, 3.05) is 13.6 Å². The van der Waals surface area contributed by atoms with Crippen molar-refractivity contribution in [2.45, 2.75) is 32.5 Å². The summed E-state index contributed by atoms with van der Waals surface area (Å²) in [6.07, 6.45) is -3.91. The summed E-state index contributed by atoms with van der Waals surface area (Å²) in [4.78, 5) is 11.9. The number of likely N-dealkylation sites (N-methyl/N-ethyl adjacent to an activating group) is 1. The van der Waals surface area contributed by atoms with E-state index in [0.717, 1.165) is 12.1 Å². The predicted octanol–water partition coefficient (Wildman–Crippen LogP) is 2.61. The Kier molecular flexibility index (Phi) is 6.20.